The molecule has 0 bridgehead atoms. The second kappa shape index (κ2) is 9.22. The highest BCUT2D eigenvalue weighted by Crippen LogP contribution is 2.18. The molecule has 3 aromatic carbocycles. The van der Waals surface area contributed by atoms with Gasteiger partial charge in [-0.3, -0.25) is 4.79 Å². The largest absolute Gasteiger partial charge is 0.486 e. The van der Waals surface area contributed by atoms with Crippen molar-refractivity contribution in [3.63, 3.8) is 0 Å². The highest BCUT2D eigenvalue weighted by atomic mass is 19.1. The molecule has 4 rings (SSSR count). The molecule has 4 aromatic rings. The van der Waals surface area contributed by atoms with Crippen molar-refractivity contribution in [3.05, 3.63) is 96.1 Å². The average Bonchev–Trinajstić information content (AvgIpc) is 3.12. The van der Waals surface area contributed by atoms with Gasteiger partial charge >= 0.3 is 0 Å². The van der Waals surface area contributed by atoms with E-state index in [0.717, 1.165) is 16.8 Å². The van der Waals surface area contributed by atoms with Crippen LogP contribution in [0.4, 0.5) is 4.39 Å². The van der Waals surface area contributed by atoms with E-state index in [4.69, 9.17) is 4.74 Å². The van der Waals surface area contributed by atoms with Crippen molar-refractivity contribution in [1.29, 1.82) is 0 Å². The summed E-state index contributed by atoms with van der Waals surface area (Å²) in [4.78, 5) is 17.2. The molecule has 0 fully saturated rings. The van der Waals surface area contributed by atoms with Gasteiger partial charge in [0.15, 0.2) is 0 Å². The van der Waals surface area contributed by atoms with Crippen LogP contribution >= 0.6 is 0 Å². The molecule has 0 aliphatic rings. The number of rotatable bonds is 8. The monoisotopic (exact) mass is 403 g/mol. The first-order valence-corrected chi connectivity index (χ1v) is 9.83. The molecular formula is C24H22FN3O2. The van der Waals surface area contributed by atoms with Gasteiger partial charge < -0.3 is 14.6 Å². The molecular weight excluding hydrogens is 381 g/mol. The SMILES string of the molecule is O=C(Cn1c(COc2ccccc2)nc2ccccc21)NCCc1ccccc1F. The molecule has 0 atom stereocenters. The van der Waals surface area contributed by atoms with Crippen molar-refractivity contribution in [3.8, 4) is 5.75 Å². The lowest BCUT2D eigenvalue weighted by atomic mass is 10.1. The van der Waals surface area contributed by atoms with Crippen molar-refractivity contribution in [2.75, 3.05) is 6.54 Å². The third kappa shape index (κ3) is 4.66. The number of benzene rings is 3. The molecule has 0 aliphatic heterocycles. The van der Waals surface area contributed by atoms with Crippen LogP contribution in [0, 0.1) is 5.82 Å². The van der Waals surface area contributed by atoms with Crippen molar-refractivity contribution in [2.45, 2.75) is 19.6 Å². The number of amides is 1. The molecule has 0 saturated heterocycles. The van der Waals surface area contributed by atoms with Crippen LogP contribution in [0.3, 0.4) is 0 Å². The fourth-order valence-electron chi connectivity index (χ4n) is 3.31. The van der Waals surface area contributed by atoms with Crippen LogP contribution in [0.5, 0.6) is 5.75 Å². The van der Waals surface area contributed by atoms with E-state index in [-0.39, 0.29) is 24.9 Å². The number of ether oxygens (including phenoxy) is 1. The number of halogens is 1. The first kappa shape index (κ1) is 19.6. The van der Waals surface area contributed by atoms with Crippen molar-refractivity contribution >= 4 is 16.9 Å². The molecule has 152 valence electrons. The summed E-state index contributed by atoms with van der Waals surface area (Å²) in [6.07, 6.45) is 0.438. The number of aromatic nitrogens is 2. The lowest BCUT2D eigenvalue weighted by Gasteiger charge is -2.11. The van der Waals surface area contributed by atoms with Crippen LogP contribution in [0.2, 0.25) is 0 Å². The molecule has 1 heterocycles. The van der Waals surface area contributed by atoms with E-state index in [9.17, 15) is 9.18 Å². The van der Waals surface area contributed by atoms with Crippen LogP contribution in [-0.4, -0.2) is 22.0 Å². The molecule has 0 aliphatic carbocycles. The van der Waals surface area contributed by atoms with E-state index in [1.165, 1.54) is 6.07 Å². The highest BCUT2D eigenvalue weighted by Gasteiger charge is 2.14. The maximum atomic E-state index is 13.7. The topological polar surface area (TPSA) is 56.2 Å². The standard InChI is InChI=1S/C24H22FN3O2/c25-20-11-5-4-8-18(20)14-15-26-24(29)16-28-22-13-7-6-12-21(22)27-23(28)17-30-19-9-2-1-3-10-19/h1-13H,14-17H2,(H,26,29). The first-order valence-electron chi connectivity index (χ1n) is 9.83. The van der Waals surface area contributed by atoms with E-state index >= 15 is 0 Å². The smallest absolute Gasteiger partial charge is 0.240 e. The maximum Gasteiger partial charge on any atom is 0.240 e. The van der Waals surface area contributed by atoms with Crippen LogP contribution in [-0.2, 0) is 24.4 Å². The fraction of sp³-hybridized carbons (Fsp3) is 0.167. The van der Waals surface area contributed by atoms with Crippen LogP contribution in [0.1, 0.15) is 11.4 Å². The summed E-state index contributed by atoms with van der Waals surface area (Å²) >= 11 is 0. The Bertz CT molecular complexity index is 1140. The number of carbonyl (C=O) groups is 1. The number of nitrogens with one attached hydrogen (secondary N) is 1. The predicted octanol–water partition coefficient (Wildman–Crippen LogP) is 4.11. The summed E-state index contributed by atoms with van der Waals surface area (Å²) in [5.74, 6) is 0.998. The zero-order valence-corrected chi connectivity index (χ0v) is 16.4. The minimum absolute atomic E-state index is 0.116. The van der Waals surface area contributed by atoms with Gasteiger partial charge in [-0.25, -0.2) is 9.37 Å². The predicted molar refractivity (Wildman–Crippen MR) is 114 cm³/mol. The van der Waals surface area contributed by atoms with E-state index in [0.29, 0.717) is 24.4 Å². The number of para-hydroxylation sites is 3. The maximum absolute atomic E-state index is 13.7. The summed E-state index contributed by atoms with van der Waals surface area (Å²) in [6, 6.07) is 23.7. The van der Waals surface area contributed by atoms with Crippen molar-refractivity contribution in [2.24, 2.45) is 0 Å². The molecule has 5 nitrogen and oxygen atoms in total. The number of nitrogens with zero attached hydrogens (tertiary/aromatic N) is 2. The zero-order valence-electron chi connectivity index (χ0n) is 16.4. The summed E-state index contributed by atoms with van der Waals surface area (Å²) in [6.45, 7) is 0.731. The van der Waals surface area contributed by atoms with Crippen molar-refractivity contribution < 1.29 is 13.9 Å². The van der Waals surface area contributed by atoms with E-state index in [1.54, 1.807) is 18.2 Å². The third-order valence-corrected chi connectivity index (χ3v) is 4.82. The minimum Gasteiger partial charge on any atom is -0.486 e. The lowest BCUT2D eigenvalue weighted by molar-refractivity contribution is -0.121. The third-order valence-electron chi connectivity index (χ3n) is 4.82. The molecule has 0 spiro atoms. The van der Waals surface area contributed by atoms with E-state index in [2.05, 4.69) is 10.3 Å². The Hall–Kier alpha value is -3.67. The van der Waals surface area contributed by atoms with Gasteiger partial charge in [0.05, 0.1) is 11.0 Å². The molecule has 0 radical (unpaired) electrons. The van der Waals surface area contributed by atoms with Gasteiger partial charge in [0.1, 0.15) is 30.5 Å². The Morgan fingerprint density at radius 3 is 2.53 bits per heavy atom. The molecule has 1 aromatic heterocycles. The Kier molecular flexibility index (Phi) is 6.03. The second-order valence-corrected chi connectivity index (χ2v) is 6.90. The van der Waals surface area contributed by atoms with Gasteiger partial charge in [0, 0.05) is 6.54 Å². The fourth-order valence-corrected chi connectivity index (χ4v) is 3.31. The van der Waals surface area contributed by atoms with Gasteiger partial charge in [-0.1, -0.05) is 48.5 Å². The van der Waals surface area contributed by atoms with Gasteiger partial charge in [0.2, 0.25) is 5.91 Å². The number of carbonyl (C=O) groups excluding carboxylic acids is 1. The number of hydrogen-bond donors (Lipinski definition) is 1. The summed E-state index contributed by atoms with van der Waals surface area (Å²) < 4.78 is 21.4. The summed E-state index contributed by atoms with van der Waals surface area (Å²) in [5.41, 5.74) is 2.26. The van der Waals surface area contributed by atoms with E-state index in [1.807, 2.05) is 59.2 Å². The lowest BCUT2D eigenvalue weighted by Crippen LogP contribution is -2.30. The Balaban J connectivity index is 1.44. The van der Waals surface area contributed by atoms with Gasteiger partial charge in [-0.2, -0.15) is 0 Å². The van der Waals surface area contributed by atoms with Gasteiger partial charge in [-0.05, 0) is 42.3 Å². The number of hydrogen-bond acceptors (Lipinski definition) is 3. The van der Waals surface area contributed by atoms with E-state index < -0.39 is 0 Å². The first-order chi connectivity index (χ1) is 14.7. The molecule has 30 heavy (non-hydrogen) atoms. The van der Waals surface area contributed by atoms with Gasteiger partial charge in [0.25, 0.3) is 0 Å². The number of fused-ring (bicyclic) bond motifs is 1. The normalized spacial score (nSPS) is 10.8. The minimum atomic E-state index is -0.257. The quantitative estimate of drug-likeness (QED) is 0.482. The highest BCUT2D eigenvalue weighted by molar-refractivity contribution is 5.81. The Morgan fingerprint density at radius 2 is 1.70 bits per heavy atom. The van der Waals surface area contributed by atoms with Gasteiger partial charge in [-0.15, -0.1) is 0 Å². The molecule has 0 unspecified atom stereocenters. The summed E-state index contributed by atoms with van der Waals surface area (Å²) in [5, 5.41) is 2.87. The summed E-state index contributed by atoms with van der Waals surface area (Å²) in [7, 11) is 0. The number of imidazole rings is 1. The van der Waals surface area contributed by atoms with Crippen LogP contribution in [0.25, 0.3) is 11.0 Å². The molecule has 6 heteroatoms. The van der Waals surface area contributed by atoms with Crippen molar-refractivity contribution in [1.82, 2.24) is 14.9 Å². The second-order valence-electron chi connectivity index (χ2n) is 6.90. The Labute approximate surface area is 174 Å². The average molecular weight is 403 g/mol. The Morgan fingerprint density at radius 1 is 0.967 bits per heavy atom. The zero-order chi connectivity index (χ0) is 20.8. The molecule has 0 saturated carbocycles. The molecule has 1 amide bonds. The van der Waals surface area contributed by atoms with Crippen LogP contribution < -0.4 is 10.1 Å². The van der Waals surface area contributed by atoms with Crippen LogP contribution in [0.15, 0.2) is 78.9 Å². The molecule has 1 N–H and O–H groups in total.